The summed E-state index contributed by atoms with van der Waals surface area (Å²) in [6.45, 7) is 3.11. The van der Waals surface area contributed by atoms with Crippen molar-refractivity contribution in [3.8, 4) is 0 Å². The lowest BCUT2D eigenvalue weighted by molar-refractivity contribution is 0.197. The van der Waals surface area contributed by atoms with Gasteiger partial charge in [0.15, 0.2) is 0 Å². The molecule has 0 aromatic carbocycles. The molecule has 0 aliphatic carbocycles. The Bertz CT molecular complexity index is 609. The molecule has 1 saturated heterocycles. The van der Waals surface area contributed by atoms with E-state index < -0.39 is 0 Å². The van der Waals surface area contributed by atoms with Crippen LogP contribution in [0.3, 0.4) is 0 Å². The van der Waals surface area contributed by atoms with E-state index in [1.165, 1.54) is 12.8 Å². The van der Waals surface area contributed by atoms with Crippen LogP contribution in [-0.4, -0.2) is 60.0 Å². The second kappa shape index (κ2) is 6.25. The summed E-state index contributed by atoms with van der Waals surface area (Å²) in [6, 6.07) is 2.71. The summed E-state index contributed by atoms with van der Waals surface area (Å²) in [5.41, 5.74) is 0. The van der Waals surface area contributed by atoms with E-state index in [0.717, 1.165) is 41.5 Å². The number of anilines is 1. The zero-order valence-corrected chi connectivity index (χ0v) is 13.8. The van der Waals surface area contributed by atoms with Gasteiger partial charge < -0.3 is 10.2 Å². The molecule has 114 valence electrons. The molecule has 1 fully saturated rings. The highest BCUT2D eigenvalue weighted by atomic mass is 32.1. The van der Waals surface area contributed by atoms with Crippen molar-refractivity contribution in [2.75, 3.05) is 39.5 Å². The molecule has 2 aromatic rings. The van der Waals surface area contributed by atoms with Gasteiger partial charge in [-0.3, -0.25) is 4.90 Å². The molecule has 1 aliphatic rings. The standard InChI is InChI=1S/C15H23N5S/c1-16-14-12-6-8-21-15(12)18-13(17-14)10-20-7-4-5-11(20)9-19(2)3/h6,8,11H,4-5,7,9-10H2,1-3H3,(H,16,17,18). The van der Waals surface area contributed by atoms with Crippen LogP contribution in [0, 0.1) is 0 Å². The smallest absolute Gasteiger partial charge is 0.146 e. The zero-order valence-electron chi connectivity index (χ0n) is 13.0. The van der Waals surface area contributed by atoms with Gasteiger partial charge in [0.05, 0.1) is 11.9 Å². The minimum absolute atomic E-state index is 0.626. The van der Waals surface area contributed by atoms with Crippen LogP contribution in [-0.2, 0) is 6.54 Å². The van der Waals surface area contributed by atoms with E-state index in [9.17, 15) is 0 Å². The highest BCUT2D eigenvalue weighted by Gasteiger charge is 2.25. The summed E-state index contributed by atoms with van der Waals surface area (Å²) in [7, 11) is 6.21. The maximum Gasteiger partial charge on any atom is 0.146 e. The number of likely N-dealkylation sites (N-methyl/N-ethyl adjacent to an activating group) is 1. The van der Waals surface area contributed by atoms with E-state index in [1.807, 2.05) is 7.05 Å². The molecule has 0 spiro atoms. The summed E-state index contributed by atoms with van der Waals surface area (Å²) >= 11 is 1.68. The van der Waals surface area contributed by atoms with Crippen LogP contribution in [0.4, 0.5) is 5.82 Å². The molecule has 1 unspecified atom stereocenters. The van der Waals surface area contributed by atoms with Crippen LogP contribution in [0.15, 0.2) is 11.4 Å². The molecule has 0 amide bonds. The first-order valence-corrected chi connectivity index (χ1v) is 8.36. The number of aromatic nitrogens is 2. The highest BCUT2D eigenvalue weighted by molar-refractivity contribution is 7.16. The predicted molar refractivity (Wildman–Crippen MR) is 88.9 cm³/mol. The van der Waals surface area contributed by atoms with Gasteiger partial charge in [-0.05, 0) is 44.9 Å². The second-order valence-electron chi connectivity index (χ2n) is 5.91. The summed E-state index contributed by atoms with van der Waals surface area (Å²) in [4.78, 5) is 15.3. The van der Waals surface area contributed by atoms with Crippen LogP contribution in [0.2, 0.25) is 0 Å². The summed E-state index contributed by atoms with van der Waals surface area (Å²) in [5.74, 6) is 1.87. The number of fused-ring (bicyclic) bond motifs is 1. The lowest BCUT2D eigenvalue weighted by atomic mass is 10.2. The number of hydrogen-bond donors (Lipinski definition) is 1. The van der Waals surface area contributed by atoms with E-state index in [1.54, 1.807) is 11.3 Å². The number of likely N-dealkylation sites (tertiary alicyclic amines) is 1. The number of nitrogens with one attached hydrogen (secondary N) is 1. The predicted octanol–water partition coefficient (Wildman–Crippen LogP) is 2.26. The SMILES string of the molecule is CNc1nc(CN2CCCC2CN(C)C)nc2sccc12. The van der Waals surface area contributed by atoms with Gasteiger partial charge in [0.1, 0.15) is 16.5 Å². The van der Waals surface area contributed by atoms with Crippen molar-refractivity contribution in [2.24, 2.45) is 0 Å². The fourth-order valence-electron chi connectivity index (χ4n) is 3.07. The van der Waals surface area contributed by atoms with E-state index >= 15 is 0 Å². The monoisotopic (exact) mass is 305 g/mol. The average molecular weight is 305 g/mol. The maximum absolute atomic E-state index is 4.73. The highest BCUT2D eigenvalue weighted by Crippen LogP contribution is 2.26. The molecule has 1 N–H and O–H groups in total. The van der Waals surface area contributed by atoms with E-state index in [-0.39, 0.29) is 0 Å². The third-order valence-corrected chi connectivity index (χ3v) is 4.83. The Morgan fingerprint density at radius 3 is 3.05 bits per heavy atom. The lowest BCUT2D eigenvalue weighted by Crippen LogP contribution is -2.37. The van der Waals surface area contributed by atoms with Gasteiger partial charge in [0, 0.05) is 19.6 Å². The lowest BCUT2D eigenvalue weighted by Gasteiger charge is -2.26. The fourth-order valence-corrected chi connectivity index (χ4v) is 3.86. The molecule has 5 nitrogen and oxygen atoms in total. The Kier molecular flexibility index (Phi) is 4.37. The van der Waals surface area contributed by atoms with Crippen molar-refractivity contribution in [1.82, 2.24) is 19.8 Å². The van der Waals surface area contributed by atoms with Crippen LogP contribution < -0.4 is 5.32 Å². The zero-order chi connectivity index (χ0) is 14.8. The Balaban J connectivity index is 1.80. The van der Waals surface area contributed by atoms with Crippen LogP contribution in [0.1, 0.15) is 18.7 Å². The largest absolute Gasteiger partial charge is 0.372 e. The molecular weight excluding hydrogens is 282 g/mol. The molecule has 0 bridgehead atoms. The van der Waals surface area contributed by atoms with Gasteiger partial charge in [-0.25, -0.2) is 9.97 Å². The van der Waals surface area contributed by atoms with Gasteiger partial charge in [0.2, 0.25) is 0 Å². The average Bonchev–Trinajstić information content (AvgIpc) is 3.07. The van der Waals surface area contributed by atoms with Gasteiger partial charge in [0.25, 0.3) is 0 Å². The molecule has 3 heterocycles. The molecule has 6 heteroatoms. The quantitative estimate of drug-likeness (QED) is 0.918. The Labute approximate surface area is 130 Å². The Morgan fingerprint density at radius 1 is 1.43 bits per heavy atom. The number of rotatable bonds is 5. The minimum atomic E-state index is 0.626. The topological polar surface area (TPSA) is 44.3 Å². The maximum atomic E-state index is 4.73. The first kappa shape index (κ1) is 14.7. The van der Waals surface area contributed by atoms with Crippen LogP contribution in [0.25, 0.3) is 10.2 Å². The summed E-state index contributed by atoms with van der Waals surface area (Å²) in [5, 5.41) is 6.39. The van der Waals surface area contributed by atoms with Crippen LogP contribution >= 0.6 is 11.3 Å². The molecule has 0 radical (unpaired) electrons. The van der Waals surface area contributed by atoms with E-state index in [2.05, 4.69) is 40.7 Å². The normalized spacial score (nSPS) is 19.7. The Morgan fingerprint density at radius 2 is 2.29 bits per heavy atom. The minimum Gasteiger partial charge on any atom is -0.372 e. The second-order valence-corrected chi connectivity index (χ2v) is 6.80. The molecule has 1 atom stereocenters. The van der Waals surface area contributed by atoms with Crippen molar-refractivity contribution >= 4 is 27.4 Å². The number of thiophene rings is 1. The van der Waals surface area contributed by atoms with Crippen molar-refractivity contribution < 1.29 is 0 Å². The summed E-state index contributed by atoms with van der Waals surface area (Å²) in [6.07, 6.45) is 2.55. The number of hydrogen-bond acceptors (Lipinski definition) is 6. The van der Waals surface area contributed by atoms with Crippen molar-refractivity contribution in [1.29, 1.82) is 0 Å². The van der Waals surface area contributed by atoms with Gasteiger partial charge >= 0.3 is 0 Å². The first-order valence-electron chi connectivity index (χ1n) is 7.48. The number of nitrogens with zero attached hydrogens (tertiary/aromatic N) is 4. The third kappa shape index (κ3) is 3.17. The summed E-state index contributed by atoms with van der Waals surface area (Å²) < 4.78 is 0. The van der Waals surface area contributed by atoms with Gasteiger partial charge in [-0.2, -0.15) is 0 Å². The molecule has 0 saturated carbocycles. The fraction of sp³-hybridized carbons (Fsp3) is 0.600. The molecular formula is C15H23N5S. The van der Waals surface area contributed by atoms with Crippen molar-refractivity contribution in [3.63, 3.8) is 0 Å². The van der Waals surface area contributed by atoms with Gasteiger partial charge in [-0.15, -0.1) is 11.3 Å². The van der Waals surface area contributed by atoms with Gasteiger partial charge in [-0.1, -0.05) is 0 Å². The van der Waals surface area contributed by atoms with E-state index in [0.29, 0.717) is 6.04 Å². The molecule has 1 aliphatic heterocycles. The molecule has 3 rings (SSSR count). The van der Waals surface area contributed by atoms with Crippen molar-refractivity contribution in [3.05, 3.63) is 17.3 Å². The first-order chi connectivity index (χ1) is 10.2. The van der Waals surface area contributed by atoms with Crippen LogP contribution in [0.5, 0.6) is 0 Å². The molecule has 2 aromatic heterocycles. The third-order valence-electron chi connectivity index (χ3n) is 4.03. The van der Waals surface area contributed by atoms with Crippen molar-refractivity contribution in [2.45, 2.75) is 25.4 Å². The Hall–Kier alpha value is -1.24. The van der Waals surface area contributed by atoms with E-state index in [4.69, 9.17) is 9.97 Å². The molecule has 21 heavy (non-hydrogen) atoms.